The SMILES string of the molecule is CC(C)c1cc(-c2ccc(F)cc2)nn2cc(C(=O)N3CCN(C(=O)CC4CCOCC4)[C@@H](C)C3)nc12. The van der Waals surface area contributed by atoms with E-state index in [2.05, 4.69) is 23.9 Å². The minimum Gasteiger partial charge on any atom is -0.381 e. The van der Waals surface area contributed by atoms with Gasteiger partial charge < -0.3 is 14.5 Å². The molecule has 5 rings (SSSR count). The Bertz CT molecular complexity index is 1280. The van der Waals surface area contributed by atoms with Crippen molar-refractivity contribution in [3.8, 4) is 11.3 Å². The van der Waals surface area contributed by atoms with Crippen molar-refractivity contribution in [1.82, 2.24) is 24.4 Å². The summed E-state index contributed by atoms with van der Waals surface area (Å²) >= 11 is 0. The first-order valence-electron chi connectivity index (χ1n) is 13.1. The Morgan fingerprint density at radius 2 is 1.86 bits per heavy atom. The first-order valence-corrected chi connectivity index (χ1v) is 13.1. The summed E-state index contributed by atoms with van der Waals surface area (Å²) in [4.78, 5) is 34.8. The maximum absolute atomic E-state index is 13.4. The summed E-state index contributed by atoms with van der Waals surface area (Å²) in [5.41, 5.74) is 3.42. The van der Waals surface area contributed by atoms with Gasteiger partial charge in [-0.1, -0.05) is 13.8 Å². The minimum atomic E-state index is -0.302. The van der Waals surface area contributed by atoms with E-state index in [0.717, 1.165) is 37.2 Å². The number of ether oxygens (including phenoxy) is 1. The van der Waals surface area contributed by atoms with Gasteiger partial charge in [0.2, 0.25) is 5.91 Å². The van der Waals surface area contributed by atoms with E-state index in [9.17, 15) is 14.0 Å². The monoisotopic (exact) mass is 507 g/mol. The average molecular weight is 508 g/mol. The summed E-state index contributed by atoms with van der Waals surface area (Å²) in [6.45, 7) is 9.06. The molecule has 0 N–H and O–H groups in total. The molecule has 0 unspecified atom stereocenters. The molecule has 3 aromatic rings. The van der Waals surface area contributed by atoms with Gasteiger partial charge in [-0.2, -0.15) is 5.10 Å². The Balaban J connectivity index is 1.33. The van der Waals surface area contributed by atoms with Gasteiger partial charge in [-0.25, -0.2) is 13.9 Å². The minimum absolute atomic E-state index is 0.0588. The normalized spacial score (nSPS) is 19.1. The number of carbonyl (C=O) groups is 2. The molecule has 1 aromatic carbocycles. The van der Waals surface area contributed by atoms with Crippen LogP contribution in [-0.2, 0) is 9.53 Å². The van der Waals surface area contributed by atoms with E-state index in [0.29, 0.717) is 49.0 Å². The molecule has 2 aliphatic heterocycles. The summed E-state index contributed by atoms with van der Waals surface area (Å²) in [7, 11) is 0. The van der Waals surface area contributed by atoms with Gasteiger partial charge in [0.15, 0.2) is 5.65 Å². The number of amides is 2. The van der Waals surface area contributed by atoms with Gasteiger partial charge in [0.05, 0.1) is 11.9 Å². The van der Waals surface area contributed by atoms with Gasteiger partial charge in [0.25, 0.3) is 5.91 Å². The van der Waals surface area contributed by atoms with Crippen molar-refractivity contribution in [2.75, 3.05) is 32.8 Å². The largest absolute Gasteiger partial charge is 0.381 e. The van der Waals surface area contributed by atoms with Gasteiger partial charge in [0.1, 0.15) is 11.5 Å². The molecule has 2 saturated heterocycles. The number of piperazine rings is 1. The Morgan fingerprint density at radius 3 is 2.54 bits per heavy atom. The fourth-order valence-corrected chi connectivity index (χ4v) is 5.28. The van der Waals surface area contributed by atoms with Crippen LogP contribution in [0.1, 0.15) is 62.0 Å². The molecule has 8 nitrogen and oxygen atoms in total. The number of benzene rings is 1. The zero-order chi connectivity index (χ0) is 26.1. The van der Waals surface area contributed by atoms with Crippen molar-refractivity contribution in [2.45, 2.75) is 52.0 Å². The number of aromatic nitrogens is 3. The third kappa shape index (κ3) is 5.37. The quantitative estimate of drug-likeness (QED) is 0.518. The van der Waals surface area contributed by atoms with Crippen molar-refractivity contribution >= 4 is 17.5 Å². The topological polar surface area (TPSA) is 80.0 Å². The zero-order valence-corrected chi connectivity index (χ0v) is 21.7. The van der Waals surface area contributed by atoms with Crippen molar-refractivity contribution < 1.29 is 18.7 Å². The summed E-state index contributed by atoms with van der Waals surface area (Å²) in [5, 5.41) is 4.67. The van der Waals surface area contributed by atoms with Crippen LogP contribution in [0, 0.1) is 11.7 Å². The standard InChI is InChI=1S/C28H34FN5O3/c1-18(2)23-15-24(21-4-6-22(29)7-5-21)31-34-17-25(30-27(23)34)28(36)32-10-11-33(19(3)16-32)26(35)14-20-8-12-37-13-9-20/h4-7,15,17-20H,8-14,16H2,1-3H3/t19-/m0/s1. The summed E-state index contributed by atoms with van der Waals surface area (Å²) < 4.78 is 20.5. The Kier molecular flexibility index (Phi) is 7.24. The first kappa shape index (κ1) is 25.3. The third-order valence-electron chi connectivity index (χ3n) is 7.47. The lowest BCUT2D eigenvalue weighted by Gasteiger charge is -2.40. The number of fused-ring (bicyclic) bond motifs is 1. The highest BCUT2D eigenvalue weighted by atomic mass is 19.1. The molecule has 2 aromatic heterocycles. The second-order valence-corrected chi connectivity index (χ2v) is 10.5. The highest BCUT2D eigenvalue weighted by Crippen LogP contribution is 2.27. The van der Waals surface area contributed by atoms with Crippen molar-refractivity contribution in [1.29, 1.82) is 0 Å². The molecule has 0 bridgehead atoms. The number of nitrogens with zero attached hydrogens (tertiary/aromatic N) is 5. The molecule has 0 aliphatic carbocycles. The molecule has 1 atom stereocenters. The molecule has 37 heavy (non-hydrogen) atoms. The van der Waals surface area contributed by atoms with Crippen molar-refractivity contribution in [2.24, 2.45) is 5.92 Å². The van der Waals surface area contributed by atoms with Gasteiger partial charge in [-0.3, -0.25) is 9.59 Å². The van der Waals surface area contributed by atoms with Crippen LogP contribution in [-0.4, -0.2) is 75.1 Å². The molecule has 2 fully saturated rings. The molecule has 2 amide bonds. The van der Waals surface area contributed by atoms with E-state index in [1.807, 2.05) is 17.9 Å². The van der Waals surface area contributed by atoms with E-state index in [4.69, 9.17) is 4.74 Å². The van der Waals surface area contributed by atoms with Crippen molar-refractivity contribution in [3.05, 3.63) is 53.6 Å². The summed E-state index contributed by atoms with van der Waals surface area (Å²) in [6, 6.07) is 8.11. The van der Waals surface area contributed by atoms with Crippen LogP contribution in [0.4, 0.5) is 4.39 Å². The highest BCUT2D eigenvalue weighted by molar-refractivity contribution is 5.93. The number of carbonyl (C=O) groups excluding carboxylic acids is 2. The van der Waals surface area contributed by atoms with E-state index in [-0.39, 0.29) is 29.6 Å². The van der Waals surface area contributed by atoms with Crippen LogP contribution < -0.4 is 0 Å². The van der Waals surface area contributed by atoms with Crippen molar-refractivity contribution in [3.63, 3.8) is 0 Å². The van der Waals surface area contributed by atoms with Crippen LogP contribution in [0.15, 0.2) is 36.5 Å². The third-order valence-corrected chi connectivity index (χ3v) is 7.47. The lowest BCUT2D eigenvalue weighted by atomic mass is 9.95. The molecule has 4 heterocycles. The van der Waals surface area contributed by atoms with Crippen LogP contribution in [0.5, 0.6) is 0 Å². The van der Waals surface area contributed by atoms with Crippen LogP contribution in [0.25, 0.3) is 16.9 Å². The molecule has 2 aliphatic rings. The predicted molar refractivity (Wildman–Crippen MR) is 138 cm³/mol. The van der Waals surface area contributed by atoms with E-state index in [1.165, 1.54) is 12.1 Å². The Morgan fingerprint density at radius 1 is 1.14 bits per heavy atom. The summed E-state index contributed by atoms with van der Waals surface area (Å²) in [5.74, 6) is 0.239. The first-order chi connectivity index (χ1) is 17.8. The van der Waals surface area contributed by atoms with E-state index in [1.54, 1.807) is 27.7 Å². The second-order valence-electron chi connectivity index (χ2n) is 10.5. The smallest absolute Gasteiger partial charge is 0.274 e. The Hall–Kier alpha value is -3.33. The molecule has 9 heteroatoms. The fraction of sp³-hybridized carbons (Fsp3) is 0.500. The van der Waals surface area contributed by atoms with Gasteiger partial charge in [-0.15, -0.1) is 0 Å². The van der Waals surface area contributed by atoms with Gasteiger partial charge in [0, 0.05) is 56.4 Å². The number of hydrogen-bond donors (Lipinski definition) is 0. The predicted octanol–water partition coefficient (Wildman–Crippen LogP) is 4.15. The van der Waals surface area contributed by atoms with E-state index < -0.39 is 0 Å². The van der Waals surface area contributed by atoms with Gasteiger partial charge in [-0.05, 0) is 61.9 Å². The maximum Gasteiger partial charge on any atom is 0.274 e. The number of hydrogen-bond acceptors (Lipinski definition) is 5. The van der Waals surface area contributed by atoms with E-state index >= 15 is 0 Å². The van der Waals surface area contributed by atoms with Crippen LogP contribution in [0.3, 0.4) is 0 Å². The zero-order valence-electron chi connectivity index (χ0n) is 21.7. The highest BCUT2D eigenvalue weighted by Gasteiger charge is 2.32. The van der Waals surface area contributed by atoms with Crippen LogP contribution in [0.2, 0.25) is 0 Å². The number of halogens is 1. The Labute approximate surface area is 216 Å². The summed E-state index contributed by atoms with van der Waals surface area (Å²) in [6.07, 6.45) is 4.08. The molecule has 0 radical (unpaired) electrons. The molecular formula is C28H34FN5O3. The number of imidazole rings is 1. The van der Waals surface area contributed by atoms with Crippen LogP contribution >= 0.6 is 0 Å². The lowest BCUT2D eigenvalue weighted by Crippen LogP contribution is -2.55. The average Bonchev–Trinajstić information content (AvgIpc) is 3.32. The fourth-order valence-electron chi connectivity index (χ4n) is 5.28. The molecule has 196 valence electrons. The second kappa shape index (κ2) is 10.6. The van der Waals surface area contributed by atoms with Gasteiger partial charge >= 0.3 is 0 Å². The maximum atomic E-state index is 13.4. The molecule has 0 spiro atoms. The number of rotatable bonds is 5. The molecular weight excluding hydrogens is 473 g/mol. The lowest BCUT2D eigenvalue weighted by molar-refractivity contribution is -0.137. The molecule has 0 saturated carbocycles.